The number of hydrogen-bond donors (Lipinski definition) is 1. The molecule has 1 aliphatic rings. The number of ether oxygens (including phenoxy) is 4. The van der Waals surface area contributed by atoms with Crippen LogP contribution >= 0.6 is 11.8 Å². The molecule has 0 radical (unpaired) electrons. The summed E-state index contributed by atoms with van der Waals surface area (Å²) in [6.45, 7) is 1.52. The zero-order chi connectivity index (χ0) is 25.1. The van der Waals surface area contributed by atoms with Gasteiger partial charge in [0.05, 0.1) is 46.0 Å². The van der Waals surface area contributed by atoms with E-state index in [1.807, 2.05) is 18.2 Å². The monoisotopic (exact) mass is 499 g/mol. The number of benzene rings is 2. The van der Waals surface area contributed by atoms with Crippen molar-refractivity contribution in [1.82, 2.24) is 5.32 Å². The predicted octanol–water partition coefficient (Wildman–Crippen LogP) is 4.66. The number of esters is 1. The third-order valence-electron chi connectivity index (χ3n) is 6.07. The number of nitrogens with one attached hydrogen (secondary N) is 1. The van der Waals surface area contributed by atoms with E-state index in [1.54, 1.807) is 21.3 Å². The molecule has 0 aliphatic heterocycles. The summed E-state index contributed by atoms with van der Waals surface area (Å²) in [6, 6.07) is 7.81. The molecule has 4 rings (SSSR count). The van der Waals surface area contributed by atoms with Crippen LogP contribution in [0.25, 0.3) is 22.1 Å². The zero-order valence-corrected chi connectivity index (χ0v) is 21.3. The molecule has 1 amide bonds. The highest BCUT2D eigenvalue weighted by Gasteiger charge is 2.30. The van der Waals surface area contributed by atoms with Gasteiger partial charge in [0.1, 0.15) is 11.3 Å². The first-order chi connectivity index (χ1) is 16.9. The summed E-state index contributed by atoms with van der Waals surface area (Å²) in [4.78, 5) is 23.5. The van der Waals surface area contributed by atoms with Crippen LogP contribution in [0, 0.1) is 0 Å². The molecule has 0 spiro atoms. The largest absolute Gasteiger partial charge is 0.493 e. The quantitative estimate of drug-likeness (QED) is 0.447. The van der Waals surface area contributed by atoms with Gasteiger partial charge in [0.25, 0.3) is 0 Å². The molecular formula is C26H29NO7S. The number of carbonyl (C=O) groups is 2. The molecule has 9 heteroatoms. The average Bonchev–Trinajstić information content (AvgIpc) is 3.19. The second-order valence-electron chi connectivity index (χ2n) is 8.23. The van der Waals surface area contributed by atoms with Crippen molar-refractivity contribution >= 4 is 34.6 Å². The molecule has 8 nitrogen and oxygen atoms in total. The minimum absolute atomic E-state index is 0.103. The van der Waals surface area contributed by atoms with Gasteiger partial charge in [0.15, 0.2) is 11.5 Å². The van der Waals surface area contributed by atoms with Crippen LogP contribution in [-0.4, -0.2) is 46.1 Å². The lowest BCUT2D eigenvalue weighted by Gasteiger charge is -2.21. The fraction of sp³-hybridized carbons (Fsp3) is 0.385. The van der Waals surface area contributed by atoms with Gasteiger partial charge in [0.2, 0.25) is 11.7 Å². The van der Waals surface area contributed by atoms with Gasteiger partial charge in [-0.2, -0.15) is 0 Å². The Morgan fingerprint density at radius 2 is 1.83 bits per heavy atom. The maximum atomic E-state index is 12.1. The lowest BCUT2D eigenvalue weighted by atomic mass is 9.92. The number of aryl methyl sites for hydroxylation is 1. The predicted molar refractivity (Wildman–Crippen MR) is 134 cm³/mol. The molecule has 1 heterocycles. The van der Waals surface area contributed by atoms with Crippen LogP contribution in [0.4, 0.5) is 0 Å². The van der Waals surface area contributed by atoms with Crippen LogP contribution in [-0.2, 0) is 26.5 Å². The number of hydrogen-bond acceptors (Lipinski definition) is 8. The van der Waals surface area contributed by atoms with Gasteiger partial charge in [-0.15, -0.1) is 11.8 Å². The van der Waals surface area contributed by atoms with Gasteiger partial charge in [-0.05, 0) is 53.8 Å². The molecule has 186 valence electrons. The van der Waals surface area contributed by atoms with Gasteiger partial charge in [-0.3, -0.25) is 9.59 Å². The summed E-state index contributed by atoms with van der Waals surface area (Å²) in [6.07, 6.45) is 1.41. The number of fused-ring (bicyclic) bond motifs is 4. The van der Waals surface area contributed by atoms with Crippen LogP contribution in [0.15, 0.2) is 28.7 Å². The SMILES string of the molecule is COC(=O)CSCc1cc2cc3c(cc2o1)[C@@H](NC(C)=O)CCc1cc(OC)c(OC)c(OC)c1-3. The van der Waals surface area contributed by atoms with E-state index in [0.717, 1.165) is 39.0 Å². The summed E-state index contributed by atoms with van der Waals surface area (Å²) in [7, 11) is 6.17. The molecule has 2 aromatic carbocycles. The van der Waals surface area contributed by atoms with Crippen LogP contribution in [0.1, 0.15) is 36.3 Å². The maximum absolute atomic E-state index is 12.1. The number of thioether (sulfide) groups is 1. The van der Waals surface area contributed by atoms with Crippen LogP contribution in [0.3, 0.4) is 0 Å². The third kappa shape index (κ3) is 4.91. The molecule has 1 N–H and O–H groups in total. The van der Waals surface area contributed by atoms with Gasteiger partial charge in [0, 0.05) is 17.9 Å². The van der Waals surface area contributed by atoms with Crippen molar-refractivity contribution in [2.24, 2.45) is 0 Å². The highest BCUT2D eigenvalue weighted by atomic mass is 32.2. The molecule has 1 atom stereocenters. The molecule has 0 saturated carbocycles. The minimum atomic E-state index is -0.274. The van der Waals surface area contributed by atoms with Crippen molar-refractivity contribution in [1.29, 1.82) is 0 Å². The normalized spacial score (nSPS) is 14.5. The average molecular weight is 500 g/mol. The van der Waals surface area contributed by atoms with Crippen molar-refractivity contribution in [3.63, 3.8) is 0 Å². The van der Waals surface area contributed by atoms with Crippen LogP contribution in [0.2, 0.25) is 0 Å². The van der Waals surface area contributed by atoms with Gasteiger partial charge < -0.3 is 28.7 Å². The second-order valence-corrected chi connectivity index (χ2v) is 9.22. The number of furan rings is 1. The third-order valence-corrected chi connectivity index (χ3v) is 7.00. The molecule has 1 aromatic heterocycles. The van der Waals surface area contributed by atoms with E-state index < -0.39 is 0 Å². The van der Waals surface area contributed by atoms with Crippen molar-refractivity contribution in [2.75, 3.05) is 34.2 Å². The van der Waals surface area contributed by atoms with Crippen molar-refractivity contribution in [3.8, 4) is 28.4 Å². The molecule has 1 aliphatic carbocycles. The number of methoxy groups -OCH3 is 4. The molecule has 0 fully saturated rings. The zero-order valence-electron chi connectivity index (χ0n) is 20.5. The van der Waals surface area contributed by atoms with Gasteiger partial charge in [-0.1, -0.05) is 0 Å². The molecule has 0 unspecified atom stereocenters. The Hall–Kier alpha value is -3.33. The van der Waals surface area contributed by atoms with Crippen LogP contribution in [0.5, 0.6) is 17.2 Å². The van der Waals surface area contributed by atoms with Crippen molar-refractivity contribution in [2.45, 2.75) is 31.6 Å². The molecular weight excluding hydrogens is 470 g/mol. The standard InChI is InChI=1S/C26H29NO7S/c1-14(28)27-20-7-6-15-10-22(30-2)25(32-4)26(33-5)24(15)19-9-16-8-17(12-35-13-23(29)31-3)34-21(16)11-18(19)20/h8-11,20H,6-7,12-13H2,1-5H3,(H,27,28)/t20-/m0/s1. The lowest BCUT2D eigenvalue weighted by Crippen LogP contribution is -2.26. The van der Waals surface area contributed by atoms with Crippen molar-refractivity contribution in [3.05, 3.63) is 41.2 Å². The smallest absolute Gasteiger partial charge is 0.315 e. The van der Waals surface area contributed by atoms with Gasteiger partial charge >= 0.3 is 5.97 Å². The minimum Gasteiger partial charge on any atom is -0.493 e. The van der Waals surface area contributed by atoms with E-state index in [4.69, 9.17) is 23.4 Å². The molecule has 3 aromatic rings. The highest BCUT2D eigenvalue weighted by Crippen LogP contribution is 2.51. The van der Waals surface area contributed by atoms with E-state index in [1.165, 1.54) is 25.8 Å². The van der Waals surface area contributed by atoms with E-state index in [9.17, 15) is 9.59 Å². The maximum Gasteiger partial charge on any atom is 0.315 e. The Balaban J connectivity index is 1.87. The second kappa shape index (κ2) is 10.5. The topological polar surface area (TPSA) is 96.2 Å². The summed E-state index contributed by atoms with van der Waals surface area (Å²) in [5.41, 5.74) is 4.56. The fourth-order valence-electron chi connectivity index (χ4n) is 4.58. The van der Waals surface area contributed by atoms with Gasteiger partial charge in [-0.25, -0.2) is 0 Å². The van der Waals surface area contributed by atoms with Crippen LogP contribution < -0.4 is 19.5 Å². The molecule has 0 saturated heterocycles. The number of rotatable bonds is 8. The van der Waals surface area contributed by atoms with Crippen molar-refractivity contribution < 1.29 is 33.0 Å². The van der Waals surface area contributed by atoms with E-state index in [2.05, 4.69) is 11.4 Å². The first-order valence-electron chi connectivity index (χ1n) is 11.2. The molecule has 35 heavy (non-hydrogen) atoms. The lowest BCUT2D eigenvalue weighted by molar-refractivity contribution is -0.137. The summed E-state index contributed by atoms with van der Waals surface area (Å²) in [5, 5.41) is 4.01. The van der Waals surface area contributed by atoms with E-state index in [-0.39, 0.29) is 23.7 Å². The Bertz CT molecular complexity index is 1270. The highest BCUT2D eigenvalue weighted by molar-refractivity contribution is 7.99. The fourth-order valence-corrected chi connectivity index (χ4v) is 5.31. The summed E-state index contributed by atoms with van der Waals surface area (Å²) >= 11 is 1.43. The first-order valence-corrected chi connectivity index (χ1v) is 12.4. The summed E-state index contributed by atoms with van der Waals surface area (Å²) < 4.78 is 27.9. The first kappa shape index (κ1) is 24.8. The Morgan fingerprint density at radius 1 is 1.06 bits per heavy atom. The van der Waals surface area contributed by atoms with E-state index >= 15 is 0 Å². The number of amides is 1. The Morgan fingerprint density at radius 3 is 2.49 bits per heavy atom. The number of carbonyl (C=O) groups excluding carboxylic acids is 2. The Kier molecular flexibility index (Phi) is 7.45. The van der Waals surface area contributed by atoms with E-state index in [0.29, 0.717) is 35.8 Å². The molecule has 0 bridgehead atoms. The Labute approximate surface area is 208 Å². The summed E-state index contributed by atoms with van der Waals surface area (Å²) in [5.74, 6) is 2.86.